The highest BCUT2D eigenvalue weighted by molar-refractivity contribution is 9.10. The van der Waals surface area contributed by atoms with Gasteiger partial charge in [-0.1, -0.05) is 11.6 Å². The van der Waals surface area contributed by atoms with Crippen LogP contribution >= 0.6 is 39.9 Å². The lowest BCUT2D eigenvalue weighted by molar-refractivity contribution is -0.142. The van der Waals surface area contributed by atoms with Gasteiger partial charge in [-0.3, -0.25) is 4.79 Å². The van der Waals surface area contributed by atoms with Crippen LogP contribution in [-0.4, -0.2) is 24.1 Å². The van der Waals surface area contributed by atoms with Gasteiger partial charge >= 0.3 is 5.97 Å². The predicted molar refractivity (Wildman–Crippen MR) is 82.0 cm³/mol. The number of aromatic amines is 1. The molecule has 19 heavy (non-hydrogen) atoms. The average molecular weight is 368 g/mol. The number of nitrogens with one attached hydrogen (secondary N) is 1. The molecule has 0 aliphatic rings. The van der Waals surface area contributed by atoms with E-state index in [2.05, 4.69) is 25.7 Å². The lowest BCUT2D eigenvalue weighted by Gasteiger charge is -2.08. The molecule has 1 aromatic carbocycles. The van der Waals surface area contributed by atoms with Crippen LogP contribution in [0.4, 0.5) is 0 Å². The lowest BCUT2D eigenvalue weighted by Crippen LogP contribution is -2.33. The van der Waals surface area contributed by atoms with Crippen molar-refractivity contribution in [3.05, 3.63) is 33.4 Å². The maximum atomic E-state index is 11.3. The Morgan fingerprint density at radius 1 is 1.58 bits per heavy atom. The second-order valence-corrected chi connectivity index (χ2v) is 5.22. The molecule has 0 aliphatic heterocycles. The minimum atomic E-state index is -0.663. The molecule has 0 fully saturated rings. The molecule has 104 valence electrons. The number of methoxy groups -OCH3 is 1. The summed E-state index contributed by atoms with van der Waals surface area (Å²) in [6.45, 7) is 0. The quantitative estimate of drug-likeness (QED) is 0.819. The molecule has 1 aromatic heterocycles. The zero-order valence-corrected chi connectivity index (χ0v) is 13.2. The molecule has 2 aromatic rings. The van der Waals surface area contributed by atoms with Crippen molar-refractivity contribution in [3.63, 3.8) is 0 Å². The average Bonchev–Trinajstić information content (AvgIpc) is 2.71. The first-order chi connectivity index (χ1) is 8.52. The summed E-state index contributed by atoms with van der Waals surface area (Å²) in [5, 5.41) is 1.62. The number of ether oxygens (including phenoxy) is 1. The normalized spacial score (nSPS) is 12.0. The Hall–Kier alpha value is -0.750. The Morgan fingerprint density at radius 3 is 2.89 bits per heavy atom. The fraction of sp³-hybridized carbons (Fsp3) is 0.250. The van der Waals surface area contributed by atoms with Crippen LogP contribution in [0.5, 0.6) is 0 Å². The molecule has 0 spiro atoms. The van der Waals surface area contributed by atoms with Crippen molar-refractivity contribution in [2.75, 3.05) is 7.11 Å². The number of rotatable bonds is 3. The molecule has 2 rings (SSSR count). The molecule has 0 bridgehead atoms. The van der Waals surface area contributed by atoms with Crippen LogP contribution < -0.4 is 5.73 Å². The molecule has 0 radical (unpaired) electrons. The number of carbonyl (C=O) groups excluding carboxylic acids is 1. The van der Waals surface area contributed by atoms with E-state index in [0.717, 1.165) is 20.9 Å². The van der Waals surface area contributed by atoms with Crippen molar-refractivity contribution in [3.8, 4) is 0 Å². The third kappa shape index (κ3) is 3.42. The number of aromatic nitrogens is 1. The van der Waals surface area contributed by atoms with Gasteiger partial charge in [-0.15, -0.1) is 12.4 Å². The predicted octanol–water partition coefficient (Wildman–Crippen LogP) is 3.05. The van der Waals surface area contributed by atoms with Gasteiger partial charge in [-0.2, -0.15) is 0 Å². The third-order valence-corrected chi connectivity index (χ3v) is 3.95. The van der Waals surface area contributed by atoms with Crippen molar-refractivity contribution in [2.24, 2.45) is 5.73 Å². The van der Waals surface area contributed by atoms with E-state index in [4.69, 9.17) is 17.3 Å². The van der Waals surface area contributed by atoms with Crippen LogP contribution in [0.15, 0.2) is 22.8 Å². The van der Waals surface area contributed by atoms with Crippen LogP contribution in [0.2, 0.25) is 5.02 Å². The van der Waals surface area contributed by atoms with E-state index in [0.29, 0.717) is 11.4 Å². The maximum Gasteiger partial charge on any atom is 0.322 e. The number of H-pyrrole nitrogens is 1. The summed E-state index contributed by atoms with van der Waals surface area (Å²) in [6.07, 6.45) is 2.25. The van der Waals surface area contributed by atoms with E-state index < -0.39 is 12.0 Å². The molecule has 0 amide bonds. The third-order valence-electron chi connectivity index (χ3n) is 2.75. The molecule has 1 atom stereocenters. The summed E-state index contributed by atoms with van der Waals surface area (Å²) < 4.78 is 5.42. The van der Waals surface area contributed by atoms with Gasteiger partial charge in [0.25, 0.3) is 0 Å². The summed E-state index contributed by atoms with van der Waals surface area (Å²) in [4.78, 5) is 14.4. The highest BCUT2D eigenvalue weighted by atomic mass is 79.9. The number of halogens is 3. The van der Waals surface area contributed by atoms with Crippen molar-refractivity contribution in [1.29, 1.82) is 0 Å². The second kappa shape index (κ2) is 6.61. The zero-order chi connectivity index (χ0) is 13.3. The summed E-state index contributed by atoms with van der Waals surface area (Å²) in [7, 11) is 1.33. The van der Waals surface area contributed by atoms with Crippen molar-refractivity contribution in [1.82, 2.24) is 4.98 Å². The number of hydrogen-bond acceptors (Lipinski definition) is 3. The van der Waals surface area contributed by atoms with E-state index >= 15 is 0 Å². The number of carbonyl (C=O) groups is 1. The molecule has 4 nitrogen and oxygen atoms in total. The van der Waals surface area contributed by atoms with Crippen molar-refractivity contribution >= 4 is 56.8 Å². The van der Waals surface area contributed by atoms with E-state index in [-0.39, 0.29) is 12.4 Å². The number of esters is 1. The first-order valence-corrected chi connectivity index (χ1v) is 6.48. The minimum absolute atomic E-state index is 0. The lowest BCUT2D eigenvalue weighted by atomic mass is 10.1. The fourth-order valence-electron chi connectivity index (χ4n) is 1.82. The summed E-state index contributed by atoms with van der Waals surface area (Å²) in [5.74, 6) is -0.419. The van der Waals surface area contributed by atoms with Gasteiger partial charge in [0.15, 0.2) is 0 Å². The maximum absolute atomic E-state index is 11.3. The standard InChI is InChI=1S/C12H12BrClN2O2.ClH/c1-18-12(17)10(15)2-6-5-16-11-4-9(14)8(13)3-7(6)11;/h3-5,10,16H,2,15H2,1H3;1H. The zero-order valence-electron chi connectivity index (χ0n) is 10.1. The SMILES string of the molecule is COC(=O)C(N)Cc1c[nH]c2cc(Cl)c(Br)cc12.Cl. The highest BCUT2D eigenvalue weighted by Crippen LogP contribution is 2.30. The summed E-state index contributed by atoms with van der Waals surface area (Å²) >= 11 is 9.39. The second-order valence-electron chi connectivity index (χ2n) is 3.96. The van der Waals surface area contributed by atoms with Crippen LogP contribution in [0.25, 0.3) is 10.9 Å². The Balaban J connectivity index is 0.00000180. The molecular formula is C12H13BrCl2N2O2. The molecular weight excluding hydrogens is 355 g/mol. The number of benzene rings is 1. The number of nitrogens with two attached hydrogens (primary N) is 1. The Kier molecular flexibility index (Phi) is 5.67. The summed E-state index contributed by atoms with van der Waals surface area (Å²) in [6, 6.07) is 3.07. The first-order valence-electron chi connectivity index (χ1n) is 5.31. The topological polar surface area (TPSA) is 68.1 Å². The Bertz CT molecular complexity index is 601. The van der Waals surface area contributed by atoms with Crippen LogP contribution in [0.1, 0.15) is 5.56 Å². The Labute approximate surface area is 130 Å². The van der Waals surface area contributed by atoms with E-state index in [9.17, 15) is 4.79 Å². The van der Waals surface area contributed by atoms with E-state index in [1.54, 1.807) is 0 Å². The molecule has 0 saturated carbocycles. The van der Waals surface area contributed by atoms with Gasteiger partial charge in [-0.25, -0.2) is 0 Å². The van der Waals surface area contributed by atoms with Crippen LogP contribution in [-0.2, 0) is 16.0 Å². The molecule has 1 heterocycles. The first kappa shape index (κ1) is 16.3. The minimum Gasteiger partial charge on any atom is -0.468 e. The molecule has 3 N–H and O–H groups in total. The smallest absolute Gasteiger partial charge is 0.322 e. The van der Waals surface area contributed by atoms with E-state index in [1.807, 2.05) is 18.3 Å². The van der Waals surface area contributed by atoms with Crippen molar-refractivity contribution in [2.45, 2.75) is 12.5 Å². The van der Waals surface area contributed by atoms with Gasteiger partial charge in [-0.05, 0) is 33.6 Å². The van der Waals surface area contributed by atoms with Gasteiger partial charge in [0.2, 0.25) is 0 Å². The largest absolute Gasteiger partial charge is 0.468 e. The van der Waals surface area contributed by atoms with Crippen molar-refractivity contribution < 1.29 is 9.53 Å². The van der Waals surface area contributed by atoms with Gasteiger partial charge in [0.05, 0.1) is 12.1 Å². The van der Waals surface area contributed by atoms with E-state index in [1.165, 1.54) is 7.11 Å². The number of fused-ring (bicyclic) bond motifs is 1. The fourth-order valence-corrected chi connectivity index (χ4v) is 2.32. The molecule has 0 saturated heterocycles. The molecule has 7 heteroatoms. The summed E-state index contributed by atoms with van der Waals surface area (Å²) in [5.41, 5.74) is 7.62. The van der Waals surface area contributed by atoms with Gasteiger partial charge in [0, 0.05) is 28.0 Å². The van der Waals surface area contributed by atoms with Gasteiger partial charge < -0.3 is 15.5 Å². The Morgan fingerprint density at radius 2 is 2.26 bits per heavy atom. The monoisotopic (exact) mass is 366 g/mol. The highest BCUT2D eigenvalue weighted by Gasteiger charge is 2.17. The van der Waals surface area contributed by atoms with Crippen LogP contribution in [0, 0.1) is 0 Å². The van der Waals surface area contributed by atoms with Crippen LogP contribution in [0.3, 0.4) is 0 Å². The molecule has 1 unspecified atom stereocenters. The number of hydrogen-bond donors (Lipinski definition) is 2. The molecule has 0 aliphatic carbocycles. The van der Waals surface area contributed by atoms with Gasteiger partial charge in [0.1, 0.15) is 6.04 Å².